The molecule has 5 nitrogen and oxygen atoms in total. The van der Waals surface area contributed by atoms with Gasteiger partial charge >= 0.3 is 11.9 Å². The van der Waals surface area contributed by atoms with Gasteiger partial charge in [0.2, 0.25) is 0 Å². The van der Waals surface area contributed by atoms with E-state index in [1.807, 2.05) is 0 Å². The van der Waals surface area contributed by atoms with Crippen molar-refractivity contribution in [2.75, 3.05) is 19.8 Å². The van der Waals surface area contributed by atoms with Crippen molar-refractivity contribution in [1.82, 2.24) is 0 Å². The van der Waals surface area contributed by atoms with Gasteiger partial charge in [-0.15, -0.1) is 0 Å². The molecule has 0 N–H and O–H groups in total. The monoisotopic (exact) mass is 911 g/mol. The van der Waals surface area contributed by atoms with Gasteiger partial charge in [-0.25, -0.2) is 0 Å². The molecule has 0 radical (unpaired) electrons. The molecule has 0 aromatic rings. The van der Waals surface area contributed by atoms with Crippen LogP contribution in [-0.4, -0.2) is 37.9 Å². The average Bonchev–Trinajstić information content (AvgIpc) is 3.32. The van der Waals surface area contributed by atoms with E-state index in [4.69, 9.17) is 14.2 Å². The number of hydrogen-bond donors (Lipinski definition) is 0. The van der Waals surface area contributed by atoms with Gasteiger partial charge in [0.05, 0.1) is 6.61 Å². The second kappa shape index (κ2) is 55.4. The average molecular weight is 911 g/mol. The first-order valence-corrected chi connectivity index (χ1v) is 26.7. The minimum atomic E-state index is -0.579. The van der Waals surface area contributed by atoms with Crippen LogP contribution < -0.4 is 0 Å². The normalized spacial score (nSPS) is 13.3. The molecule has 0 aromatic heterocycles. The fraction of sp³-hybridized carbons (Fsp3) is 0.607. The Hall–Kier alpha value is -3.96. The largest absolute Gasteiger partial charge is 0.462 e. The predicted octanol–water partition coefficient (Wildman–Crippen LogP) is 18.3. The number of rotatable bonds is 47. The van der Waals surface area contributed by atoms with Gasteiger partial charge in [0.15, 0.2) is 6.10 Å². The van der Waals surface area contributed by atoms with Crippen molar-refractivity contribution in [1.29, 1.82) is 0 Å². The number of carbonyl (C=O) groups excluding carboxylic acids is 2. The minimum absolute atomic E-state index is 0.0442. The third kappa shape index (κ3) is 52.7. The molecule has 0 aliphatic carbocycles. The summed E-state index contributed by atoms with van der Waals surface area (Å²) < 4.78 is 17.4. The topological polar surface area (TPSA) is 61.8 Å². The first kappa shape index (κ1) is 62.0. The number of allylic oxidation sites excluding steroid dienone is 22. The van der Waals surface area contributed by atoms with E-state index >= 15 is 0 Å². The molecule has 372 valence electrons. The van der Waals surface area contributed by atoms with Crippen LogP contribution in [0.4, 0.5) is 0 Å². The van der Waals surface area contributed by atoms with E-state index in [0.717, 1.165) is 135 Å². The van der Waals surface area contributed by atoms with Crippen molar-refractivity contribution >= 4 is 11.9 Å². The molecule has 5 heteroatoms. The quantitative estimate of drug-likeness (QED) is 0.0346. The van der Waals surface area contributed by atoms with Crippen LogP contribution in [0.1, 0.15) is 213 Å². The molecule has 0 aromatic carbocycles. The molecule has 66 heavy (non-hydrogen) atoms. The van der Waals surface area contributed by atoms with Gasteiger partial charge in [-0.1, -0.05) is 206 Å². The van der Waals surface area contributed by atoms with Crippen molar-refractivity contribution in [3.63, 3.8) is 0 Å². The zero-order valence-electron chi connectivity index (χ0n) is 42.7. The van der Waals surface area contributed by atoms with Crippen molar-refractivity contribution in [3.8, 4) is 0 Å². The lowest BCUT2D eigenvalue weighted by atomic mass is 10.1. The first-order chi connectivity index (χ1) is 32.6. The predicted molar refractivity (Wildman–Crippen MR) is 288 cm³/mol. The Morgan fingerprint density at radius 1 is 0.333 bits per heavy atom. The summed E-state index contributed by atoms with van der Waals surface area (Å²) in [6, 6.07) is 0. The molecule has 0 fully saturated rings. The van der Waals surface area contributed by atoms with E-state index in [0.29, 0.717) is 19.4 Å². The number of carbonyl (C=O) groups is 2. The maximum absolute atomic E-state index is 12.8. The van der Waals surface area contributed by atoms with Gasteiger partial charge in [0.25, 0.3) is 0 Å². The van der Waals surface area contributed by atoms with E-state index < -0.39 is 6.10 Å². The molecule has 0 aliphatic rings. The summed E-state index contributed by atoms with van der Waals surface area (Å²) >= 11 is 0. The summed E-state index contributed by atoms with van der Waals surface area (Å²) in [6.07, 6.45) is 79.0. The molecule has 1 unspecified atom stereocenters. The van der Waals surface area contributed by atoms with Gasteiger partial charge in [-0.2, -0.15) is 0 Å². The van der Waals surface area contributed by atoms with Crippen molar-refractivity contribution in [2.45, 2.75) is 219 Å². The van der Waals surface area contributed by atoms with Crippen LogP contribution in [0.2, 0.25) is 0 Å². The van der Waals surface area contributed by atoms with Crippen LogP contribution >= 0.6 is 0 Å². The Balaban J connectivity index is 4.39. The third-order valence-corrected chi connectivity index (χ3v) is 10.7. The molecule has 0 bridgehead atoms. The van der Waals surface area contributed by atoms with Crippen LogP contribution in [0.3, 0.4) is 0 Å². The maximum atomic E-state index is 12.8. The van der Waals surface area contributed by atoms with Crippen LogP contribution in [0.5, 0.6) is 0 Å². The van der Waals surface area contributed by atoms with Gasteiger partial charge in [0, 0.05) is 19.4 Å². The number of unbranched alkanes of at least 4 members (excludes halogenated alkanes) is 14. The highest BCUT2D eigenvalue weighted by atomic mass is 16.6. The van der Waals surface area contributed by atoms with E-state index in [1.54, 1.807) is 0 Å². The highest BCUT2D eigenvalue weighted by Crippen LogP contribution is 2.12. The first-order valence-electron chi connectivity index (χ1n) is 26.7. The standard InChI is InChI=1S/C61H98O5/c1-4-7-10-13-16-19-22-25-27-29-31-32-34-37-39-42-45-48-51-54-60(62)65-58-59(66-61(63)55-52-49-46-43-40-36-24-21-18-15-12-9-6-3)57-64-56-53-50-47-44-41-38-35-33-30-28-26-23-20-17-14-11-8-5-2/h7-12,16-21,25-28,31-32,36-37,39-40,59H,4-6,13-15,22-24,29-30,33-35,38,41-58H2,1-3H3/b10-7-,11-8-,12-9-,19-16-,20-17-,21-18-,27-25-,28-26-,32-31-,39-37-,40-36-. The van der Waals surface area contributed by atoms with Crippen molar-refractivity contribution in [2.24, 2.45) is 0 Å². The number of hydrogen-bond acceptors (Lipinski definition) is 5. The summed E-state index contributed by atoms with van der Waals surface area (Å²) in [6.45, 7) is 7.39. The Bertz CT molecular complexity index is 1400. The molecule has 0 saturated carbocycles. The van der Waals surface area contributed by atoms with E-state index in [9.17, 15) is 9.59 Å². The van der Waals surface area contributed by atoms with Crippen molar-refractivity contribution in [3.05, 3.63) is 134 Å². The molecular weight excluding hydrogens is 813 g/mol. The molecule has 0 amide bonds. The van der Waals surface area contributed by atoms with Gasteiger partial charge in [0.1, 0.15) is 6.61 Å². The molecule has 0 heterocycles. The lowest BCUT2D eigenvalue weighted by Gasteiger charge is -2.18. The van der Waals surface area contributed by atoms with E-state index in [2.05, 4.69) is 154 Å². The van der Waals surface area contributed by atoms with Crippen LogP contribution in [0, 0.1) is 0 Å². The summed E-state index contributed by atoms with van der Waals surface area (Å²) in [5.41, 5.74) is 0. The molecule has 0 saturated heterocycles. The minimum Gasteiger partial charge on any atom is -0.462 e. The summed E-state index contributed by atoms with van der Waals surface area (Å²) in [5, 5.41) is 0. The van der Waals surface area contributed by atoms with Gasteiger partial charge in [-0.05, 0) is 128 Å². The lowest BCUT2D eigenvalue weighted by Crippen LogP contribution is -2.30. The second-order valence-electron chi connectivity index (χ2n) is 17.0. The molecule has 0 rings (SSSR count). The zero-order chi connectivity index (χ0) is 47.7. The summed E-state index contributed by atoms with van der Waals surface area (Å²) in [4.78, 5) is 25.4. The smallest absolute Gasteiger partial charge is 0.306 e. The Labute approximate surface area is 407 Å². The summed E-state index contributed by atoms with van der Waals surface area (Å²) in [7, 11) is 0. The zero-order valence-corrected chi connectivity index (χ0v) is 42.7. The lowest BCUT2D eigenvalue weighted by molar-refractivity contribution is -0.163. The molecular formula is C61H98O5. The highest BCUT2D eigenvalue weighted by Gasteiger charge is 2.17. The summed E-state index contributed by atoms with van der Waals surface area (Å²) in [5.74, 6) is -0.482. The Morgan fingerprint density at radius 3 is 1.02 bits per heavy atom. The van der Waals surface area contributed by atoms with E-state index in [-0.39, 0.29) is 25.2 Å². The van der Waals surface area contributed by atoms with Crippen LogP contribution in [0.25, 0.3) is 0 Å². The molecule has 0 spiro atoms. The maximum Gasteiger partial charge on any atom is 0.306 e. The Kier molecular flexibility index (Phi) is 52.0. The molecule has 0 aliphatic heterocycles. The fourth-order valence-electron chi connectivity index (χ4n) is 6.80. The SMILES string of the molecule is CC/C=C\C/C=C\C/C=C\C/C=C\C/C=C\CCCCCC(=O)OCC(COCCCCCCCCCC/C=C\C/C=C\C/C=C\CC)OC(=O)CCCCC/C=C\C/C=C\C/C=C\CC. The second-order valence-corrected chi connectivity index (χ2v) is 17.0. The van der Waals surface area contributed by atoms with Gasteiger partial charge in [-0.3, -0.25) is 9.59 Å². The third-order valence-electron chi connectivity index (χ3n) is 10.7. The number of esters is 2. The number of ether oxygens (including phenoxy) is 3. The van der Waals surface area contributed by atoms with Crippen LogP contribution in [-0.2, 0) is 23.8 Å². The fourth-order valence-corrected chi connectivity index (χ4v) is 6.80. The van der Waals surface area contributed by atoms with Gasteiger partial charge < -0.3 is 14.2 Å². The van der Waals surface area contributed by atoms with E-state index in [1.165, 1.54) is 44.9 Å². The van der Waals surface area contributed by atoms with Crippen LogP contribution in [0.15, 0.2) is 134 Å². The van der Waals surface area contributed by atoms with Crippen molar-refractivity contribution < 1.29 is 23.8 Å². The molecule has 1 atom stereocenters. The highest BCUT2D eigenvalue weighted by molar-refractivity contribution is 5.70. The Morgan fingerprint density at radius 2 is 0.636 bits per heavy atom.